The van der Waals surface area contributed by atoms with E-state index >= 15 is 0 Å². The molecule has 1 aliphatic rings. The molecule has 0 spiro atoms. The van der Waals surface area contributed by atoms with E-state index in [2.05, 4.69) is 0 Å². The Hall–Kier alpha value is -0.570. The van der Waals surface area contributed by atoms with Crippen LogP contribution in [0, 0.1) is 11.3 Å². The zero-order chi connectivity index (χ0) is 13.4. The lowest BCUT2D eigenvalue weighted by atomic mass is 9.67. The SMILES string of the molecule is CC.CC.CC1(C)C[C@H](O)CCC1C(N)=O. The second kappa shape index (κ2) is 8.57. The largest absolute Gasteiger partial charge is 0.393 e. The number of rotatable bonds is 1. The highest BCUT2D eigenvalue weighted by atomic mass is 16.3. The Labute approximate surface area is 100 Å². The van der Waals surface area contributed by atoms with Crippen LogP contribution in [0.15, 0.2) is 0 Å². The monoisotopic (exact) mass is 231 g/mol. The average Bonchev–Trinajstić information content (AvgIpc) is 2.21. The molecule has 0 aliphatic heterocycles. The predicted octanol–water partition coefficient (Wildman–Crippen LogP) is 2.71. The minimum Gasteiger partial charge on any atom is -0.393 e. The van der Waals surface area contributed by atoms with Gasteiger partial charge in [-0.05, 0) is 24.7 Å². The molecule has 0 saturated heterocycles. The summed E-state index contributed by atoms with van der Waals surface area (Å²) in [5, 5.41) is 9.39. The normalized spacial score (nSPS) is 26.7. The van der Waals surface area contributed by atoms with Crippen molar-refractivity contribution in [3.05, 3.63) is 0 Å². The van der Waals surface area contributed by atoms with Gasteiger partial charge in [-0.3, -0.25) is 4.79 Å². The standard InChI is InChI=1S/C9H17NO2.2C2H6/c1-9(2)5-6(11)3-4-7(9)8(10)12;2*1-2/h6-7,11H,3-5H2,1-2H3,(H2,10,12);2*1-2H3/t6-,7?;;/m1../s1. The molecule has 0 aromatic heterocycles. The molecule has 2 atom stereocenters. The number of aliphatic hydroxyl groups excluding tert-OH is 1. The van der Waals surface area contributed by atoms with Crippen LogP contribution in [0.3, 0.4) is 0 Å². The van der Waals surface area contributed by atoms with Gasteiger partial charge in [0.15, 0.2) is 0 Å². The summed E-state index contributed by atoms with van der Waals surface area (Å²) in [5.74, 6) is -0.298. The predicted molar refractivity (Wildman–Crippen MR) is 69.0 cm³/mol. The van der Waals surface area contributed by atoms with E-state index in [0.717, 1.165) is 6.42 Å². The van der Waals surface area contributed by atoms with E-state index in [9.17, 15) is 9.90 Å². The molecule has 3 N–H and O–H groups in total. The molecule has 1 rings (SSSR count). The topological polar surface area (TPSA) is 63.3 Å². The Morgan fingerprint density at radius 1 is 1.19 bits per heavy atom. The van der Waals surface area contributed by atoms with Crippen molar-refractivity contribution in [2.75, 3.05) is 0 Å². The average molecular weight is 231 g/mol. The Kier molecular flexibility index (Phi) is 9.54. The molecule has 98 valence electrons. The molecule has 0 bridgehead atoms. The van der Waals surface area contributed by atoms with Crippen LogP contribution in [0.1, 0.15) is 60.8 Å². The van der Waals surface area contributed by atoms with Crippen LogP contribution < -0.4 is 5.73 Å². The minimum atomic E-state index is -0.254. The molecule has 1 aliphatic carbocycles. The first-order chi connectivity index (χ1) is 7.43. The lowest BCUT2D eigenvalue weighted by Crippen LogP contribution is -2.41. The third-order valence-corrected chi connectivity index (χ3v) is 2.84. The molecule has 0 aromatic rings. The highest BCUT2D eigenvalue weighted by Crippen LogP contribution is 2.40. The fraction of sp³-hybridized carbons (Fsp3) is 0.923. The molecule has 0 radical (unpaired) electrons. The third kappa shape index (κ3) is 5.50. The minimum absolute atomic E-state index is 0.0686. The highest BCUT2D eigenvalue weighted by molar-refractivity contribution is 5.77. The van der Waals surface area contributed by atoms with Crippen LogP contribution in [0.5, 0.6) is 0 Å². The Balaban J connectivity index is 0. The first-order valence-corrected chi connectivity index (χ1v) is 6.41. The van der Waals surface area contributed by atoms with Crippen molar-refractivity contribution in [2.45, 2.75) is 66.9 Å². The molecule has 1 fully saturated rings. The summed E-state index contributed by atoms with van der Waals surface area (Å²) < 4.78 is 0. The molecule has 1 unspecified atom stereocenters. The van der Waals surface area contributed by atoms with E-state index in [-0.39, 0.29) is 23.3 Å². The van der Waals surface area contributed by atoms with Gasteiger partial charge in [-0.2, -0.15) is 0 Å². The van der Waals surface area contributed by atoms with Gasteiger partial charge in [0.1, 0.15) is 0 Å². The first-order valence-electron chi connectivity index (χ1n) is 6.41. The van der Waals surface area contributed by atoms with Crippen molar-refractivity contribution in [1.29, 1.82) is 0 Å². The van der Waals surface area contributed by atoms with Crippen molar-refractivity contribution in [2.24, 2.45) is 17.1 Å². The maximum atomic E-state index is 11.0. The van der Waals surface area contributed by atoms with Crippen molar-refractivity contribution >= 4 is 5.91 Å². The molecule has 3 heteroatoms. The Bertz CT molecular complexity index is 190. The lowest BCUT2D eigenvalue weighted by Gasteiger charge is -2.38. The fourth-order valence-corrected chi connectivity index (χ4v) is 2.13. The smallest absolute Gasteiger partial charge is 0.221 e. The van der Waals surface area contributed by atoms with Gasteiger partial charge in [0.25, 0.3) is 0 Å². The zero-order valence-electron chi connectivity index (χ0n) is 11.7. The Morgan fingerprint density at radius 3 is 1.94 bits per heavy atom. The zero-order valence-corrected chi connectivity index (χ0v) is 11.7. The molecule has 1 amide bonds. The van der Waals surface area contributed by atoms with Gasteiger partial charge in [-0.25, -0.2) is 0 Å². The number of amides is 1. The number of carbonyl (C=O) groups excluding carboxylic acids is 1. The van der Waals surface area contributed by atoms with Gasteiger partial charge in [0, 0.05) is 5.92 Å². The van der Waals surface area contributed by atoms with E-state index in [4.69, 9.17) is 5.73 Å². The van der Waals surface area contributed by atoms with Gasteiger partial charge in [0.2, 0.25) is 5.91 Å². The van der Waals surface area contributed by atoms with Crippen LogP contribution >= 0.6 is 0 Å². The van der Waals surface area contributed by atoms with Crippen LogP contribution in [0.25, 0.3) is 0 Å². The molecule has 3 nitrogen and oxygen atoms in total. The van der Waals surface area contributed by atoms with Crippen molar-refractivity contribution in [3.63, 3.8) is 0 Å². The summed E-state index contributed by atoms with van der Waals surface area (Å²) in [5.41, 5.74) is 5.13. The van der Waals surface area contributed by atoms with E-state index in [1.807, 2.05) is 41.5 Å². The number of hydrogen-bond donors (Lipinski definition) is 2. The Morgan fingerprint density at radius 2 is 1.62 bits per heavy atom. The number of nitrogens with two attached hydrogens (primary N) is 1. The second-order valence-corrected chi connectivity index (χ2v) is 4.38. The summed E-state index contributed by atoms with van der Waals surface area (Å²) in [6.45, 7) is 12.0. The van der Waals surface area contributed by atoms with Crippen LogP contribution in [0.2, 0.25) is 0 Å². The number of hydrogen-bond acceptors (Lipinski definition) is 2. The third-order valence-electron chi connectivity index (χ3n) is 2.84. The first kappa shape index (κ1) is 17.8. The summed E-state index contributed by atoms with van der Waals surface area (Å²) in [6.07, 6.45) is 1.86. The van der Waals surface area contributed by atoms with Gasteiger partial charge < -0.3 is 10.8 Å². The van der Waals surface area contributed by atoms with E-state index in [0.29, 0.717) is 12.8 Å². The lowest BCUT2D eigenvalue weighted by molar-refractivity contribution is -0.128. The number of carbonyl (C=O) groups is 1. The number of primary amides is 1. The van der Waals surface area contributed by atoms with Crippen LogP contribution in [-0.4, -0.2) is 17.1 Å². The molecular weight excluding hydrogens is 202 g/mol. The number of aliphatic hydroxyl groups is 1. The molecule has 16 heavy (non-hydrogen) atoms. The van der Waals surface area contributed by atoms with Gasteiger partial charge >= 0.3 is 0 Å². The van der Waals surface area contributed by atoms with E-state index < -0.39 is 0 Å². The van der Waals surface area contributed by atoms with Gasteiger partial charge in [0.05, 0.1) is 6.10 Å². The maximum absolute atomic E-state index is 11.0. The molecule has 1 saturated carbocycles. The fourth-order valence-electron chi connectivity index (χ4n) is 2.13. The van der Waals surface area contributed by atoms with Crippen molar-refractivity contribution in [1.82, 2.24) is 0 Å². The summed E-state index contributed by atoms with van der Waals surface area (Å²) in [4.78, 5) is 11.0. The summed E-state index contributed by atoms with van der Waals surface area (Å²) in [7, 11) is 0. The maximum Gasteiger partial charge on any atom is 0.221 e. The highest BCUT2D eigenvalue weighted by Gasteiger charge is 2.39. The quantitative estimate of drug-likeness (QED) is 0.729. The van der Waals surface area contributed by atoms with Gasteiger partial charge in [-0.15, -0.1) is 0 Å². The molecule has 0 heterocycles. The second-order valence-electron chi connectivity index (χ2n) is 4.38. The van der Waals surface area contributed by atoms with Crippen LogP contribution in [-0.2, 0) is 4.79 Å². The molecular formula is C13H29NO2. The van der Waals surface area contributed by atoms with Crippen molar-refractivity contribution < 1.29 is 9.90 Å². The summed E-state index contributed by atoms with van der Waals surface area (Å²) >= 11 is 0. The van der Waals surface area contributed by atoms with E-state index in [1.54, 1.807) is 0 Å². The molecule has 0 aromatic carbocycles. The summed E-state index contributed by atoms with van der Waals surface area (Å²) in [6, 6.07) is 0. The van der Waals surface area contributed by atoms with Crippen molar-refractivity contribution in [3.8, 4) is 0 Å². The van der Waals surface area contributed by atoms with Gasteiger partial charge in [-0.1, -0.05) is 41.5 Å². The van der Waals surface area contributed by atoms with E-state index in [1.165, 1.54) is 0 Å². The van der Waals surface area contributed by atoms with Crippen LogP contribution in [0.4, 0.5) is 0 Å².